The molecule has 0 aromatic heterocycles. The smallest absolute Gasteiger partial charge is 0.126 e. The van der Waals surface area contributed by atoms with E-state index < -0.39 is 0 Å². The van der Waals surface area contributed by atoms with Crippen LogP contribution in [0.4, 0.5) is 0 Å². The number of phenolic OH excluding ortho intramolecular Hbond substituents is 1. The minimum atomic E-state index is 0.170. The molecule has 24 heavy (non-hydrogen) atoms. The number of fused-ring (bicyclic) bond motifs is 2. The van der Waals surface area contributed by atoms with Crippen molar-refractivity contribution in [3.63, 3.8) is 0 Å². The van der Waals surface area contributed by atoms with Crippen molar-refractivity contribution in [2.24, 2.45) is 0 Å². The predicted octanol–water partition coefficient (Wildman–Crippen LogP) is 5.56. The van der Waals surface area contributed by atoms with Gasteiger partial charge < -0.3 is 9.84 Å². The predicted molar refractivity (Wildman–Crippen MR) is 99.2 cm³/mol. The zero-order valence-corrected chi connectivity index (χ0v) is 15.2. The first-order chi connectivity index (χ1) is 11.4. The van der Waals surface area contributed by atoms with Crippen molar-refractivity contribution in [2.75, 3.05) is 7.11 Å². The summed E-state index contributed by atoms with van der Waals surface area (Å²) in [7, 11) is 1.68. The second-order valence-electron chi connectivity index (χ2n) is 7.89. The molecule has 0 saturated heterocycles. The van der Waals surface area contributed by atoms with Crippen LogP contribution in [0.1, 0.15) is 68.2 Å². The Morgan fingerprint density at radius 3 is 2.38 bits per heavy atom. The standard InChI is InChI=1S/C22H28O2/c1-22(2,3)17-11-9-15(10-12-17)18-8-6-5-7-16-13-19(18)21(24-4)14-20(16)23/h9-14,18,23H,5-8H2,1-4H3. The van der Waals surface area contributed by atoms with E-state index in [9.17, 15) is 5.11 Å². The van der Waals surface area contributed by atoms with Gasteiger partial charge in [0.15, 0.2) is 0 Å². The Bertz CT molecular complexity index is 708. The molecule has 2 bridgehead atoms. The van der Waals surface area contributed by atoms with Crippen molar-refractivity contribution < 1.29 is 9.84 Å². The SMILES string of the molecule is COc1cc(O)c2cc1C(c1ccc(C(C)(C)C)cc1)CCCC2. The Kier molecular flexibility index (Phi) is 4.58. The van der Waals surface area contributed by atoms with E-state index >= 15 is 0 Å². The van der Waals surface area contributed by atoms with Gasteiger partial charge in [-0.25, -0.2) is 0 Å². The zero-order chi connectivity index (χ0) is 17.3. The molecule has 128 valence electrons. The summed E-state index contributed by atoms with van der Waals surface area (Å²) >= 11 is 0. The quantitative estimate of drug-likeness (QED) is 0.784. The number of benzene rings is 2. The van der Waals surface area contributed by atoms with Gasteiger partial charge in [0.05, 0.1) is 7.11 Å². The molecule has 0 heterocycles. The van der Waals surface area contributed by atoms with Crippen LogP contribution in [0.15, 0.2) is 36.4 Å². The number of rotatable bonds is 2. The maximum atomic E-state index is 10.2. The largest absolute Gasteiger partial charge is 0.508 e. The Balaban J connectivity index is 2.04. The lowest BCUT2D eigenvalue weighted by molar-refractivity contribution is 0.395. The third kappa shape index (κ3) is 3.28. The van der Waals surface area contributed by atoms with Gasteiger partial charge in [-0.05, 0) is 47.4 Å². The second kappa shape index (κ2) is 6.51. The number of phenols is 1. The number of aryl methyl sites for hydroxylation is 1. The summed E-state index contributed by atoms with van der Waals surface area (Å²) in [5, 5.41) is 10.2. The summed E-state index contributed by atoms with van der Waals surface area (Å²) in [6.07, 6.45) is 4.35. The molecule has 1 aliphatic rings. The van der Waals surface area contributed by atoms with E-state index in [0.717, 1.165) is 37.0 Å². The van der Waals surface area contributed by atoms with Crippen LogP contribution in [0.5, 0.6) is 11.5 Å². The fourth-order valence-electron chi connectivity index (χ4n) is 3.66. The Morgan fingerprint density at radius 2 is 1.75 bits per heavy atom. The molecule has 2 heteroatoms. The van der Waals surface area contributed by atoms with E-state index in [2.05, 4.69) is 51.1 Å². The highest BCUT2D eigenvalue weighted by Gasteiger charge is 2.23. The molecule has 0 aliphatic heterocycles. The van der Waals surface area contributed by atoms with Gasteiger partial charge in [-0.2, -0.15) is 0 Å². The molecule has 2 aromatic rings. The fourth-order valence-corrected chi connectivity index (χ4v) is 3.66. The lowest BCUT2D eigenvalue weighted by atomic mass is 9.81. The summed E-state index contributed by atoms with van der Waals surface area (Å²) < 4.78 is 5.57. The van der Waals surface area contributed by atoms with E-state index in [1.54, 1.807) is 13.2 Å². The molecule has 0 saturated carbocycles. The van der Waals surface area contributed by atoms with Gasteiger partial charge >= 0.3 is 0 Å². The van der Waals surface area contributed by atoms with Crippen LogP contribution in [-0.2, 0) is 11.8 Å². The molecular formula is C22H28O2. The van der Waals surface area contributed by atoms with E-state index in [0.29, 0.717) is 11.7 Å². The fraction of sp³-hybridized carbons (Fsp3) is 0.455. The molecule has 1 aliphatic carbocycles. The van der Waals surface area contributed by atoms with Crippen LogP contribution >= 0.6 is 0 Å². The number of hydrogen-bond donors (Lipinski definition) is 1. The van der Waals surface area contributed by atoms with Crippen molar-refractivity contribution >= 4 is 0 Å². The molecule has 0 radical (unpaired) electrons. The van der Waals surface area contributed by atoms with Gasteiger partial charge in [0.1, 0.15) is 11.5 Å². The lowest BCUT2D eigenvalue weighted by Gasteiger charge is -2.25. The molecule has 1 N–H and O–H groups in total. The molecular weight excluding hydrogens is 296 g/mol. The van der Waals surface area contributed by atoms with Gasteiger partial charge in [0.25, 0.3) is 0 Å². The van der Waals surface area contributed by atoms with Crippen LogP contribution in [0.25, 0.3) is 0 Å². The van der Waals surface area contributed by atoms with Crippen LogP contribution in [0.2, 0.25) is 0 Å². The normalized spacial score (nSPS) is 17.9. The summed E-state index contributed by atoms with van der Waals surface area (Å²) in [5.41, 5.74) is 5.11. The highest BCUT2D eigenvalue weighted by Crippen LogP contribution is 2.41. The van der Waals surface area contributed by atoms with Crippen molar-refractivity contribution in [3.05, 3.63) is 58.7 Å². The van der Waals surface area contributed by atoms with Crippen LogP contribution in [0.3, 0.4) is 0 Å². The number of hydrogen-bond acceptors (Lipinski definition) is 2. The van der Waals surface area contributed by atoms with Crippen LogP contribution in [-0.4, -0.2) is 12.2 Å². The van der Waals surface area contributed by atoms with Crippen LogP contribution in [0, 0.1) is 0 Å². The van der Waals surface area contributed by atoms with E-state index in [1.807, 2.05) is 0 Å². The van der Waals surface area contributed by atoms with Gasteiger partial charge in [0, 0.05) is 17.5 Å². The second-order valence-corrected chi connectivity index (χ2v) is 7.89. The first-order valence-electron chi connectivity index (χ1n) is 8.90. The Labute approximate surface area is 145 Å². The van der Waals surface area contributed by atoms with Gasteiger partial charge in [0.2, 0.25) is 0 Å². The van der Waals surface area contributed by atoms with Crippen molar-refractivity contribution in [3.8, 4) is 11.5 Å². The highest BCUT2D eigenvalue weighted by atomic mass is 16.5. The van der Waals surface area contributed by atoms with Crippen molar-refractivity contribution in [2.45, 2.75) is 57.8 Å². The first kappa shape index (κ1) is 16.9. The molecule has 2 aromatic carbocycles. The molecule has 0 spiro atoms. The number of ether oxygens (including phenoxy) is 1. The first-order valence-corrected chi connectivity index (χ1v) is 8.90. The van der Waals surface area contributed by atoms with E-state index in [4.69, 9.17) is 4.74 Å². The van der Waals surface area contributed by atoms with Crippen molar-refractivity contribution in [1.29, 1.82) is 0 Å². The minimum Gasteiger partial charge on any atom is -0.508 e. The number of aromatic hydroxyl groups is 1. The average Bonchev–Trinajstić information content (AvgIpc) is 2.53. The Morgan fingerprint density at radius 1 is 1.04 bits per heavy atom. The minimum absolute atomic E-state index is 0.170. The van der Waals surface area contributed by atoms with Gasteiger partial charge in [-0.3, -0.25) is 0 Å². The van der Waals surface area contributed by atoms with Gasteiger partial charge in [-0.15, -0.1) is 0 Å². The molecule has 1 atom stereocenters. The molecule has 3 rings (SSSR count). The molecule has 2 nitrogen and oxygen atoms in total. The monoisotopic (exact) mass is 324 g/mol. The lowest BCUT2D eigenvalue weighted by Crippen LogP contribution is -2.12. The molecule has 0 fully saturated rings. The summed E-state index contributed by atoms with van der Waals surface area (Å²) in [4.78, 5) is 0. The third-order valence-corrected chi connectivity index (χ3v) is 5.17. The molecule has 1 unspecified atom stereocenters. The topological polar surface area (TPSA) is 29.5 Å². The summed E-state index contributed by atoms with van der Waals surface area (Å²) in [6, 6.07) is 13.0. The summed E-state index contributed by atoms with van der Waals surface area (Å²) in [5.74, 6) is 1.48. The average molecular weight is 324 g/mol. The van der Waals surface area contributed by atoms with Crippen LogP contribution < -0.4 is 4.74 Å². The number of methoxy groups -OCH3 is 1. The van der Waals surface area contributed by atoms with Crippen molar-refractivity contribution in [1.82, 2.24) is 0 Å². The zero-order valence-electron chi connectivity index (χ0n) is 15.2. The molecule has 0 amide bonds. The maximum absolute atomic E-state index is 10.2. The van der Waals surface area contributed by atoms with Gasteiger partial charge in [-0.1, -0.05) is 51.5 Å². The third-order valence-electron chi connectivity index (χ3n) is 5.17. The maximum Gasteiger partial charge on any atom is 0.126 e. The summed E-state index contributed by atoms with van der Waals surface area (Å²) in [6.45, 7) is 6.73. The van der Waals surface area contributed by atoms with E-state index in [-0.39, 0.29) is 5.41 Å². The van der Waals surface area contributed by atoms with E-state index in [1.165, 1.54) is 16.7 Å². The Hall–Kier alpha value is -1.96. The highest BCUT2D eigenvalue weighted by molar-refractivity contribution is 5.51.